The maximum absolute atomic E-state index is 2.42. The van der Waals surface area contributed by atoms with Gasteiger partial charge in [-0.15, -0.1) is 0 Å². The number of hydrogen-bond donors (Lipinski definition) is 0. The van der Waals surface area contributed by atoms with Crippen molar-refractivity contribution in [2.24, 2.45) is 11.3 Å². The van der Waals surface area contributed by atoms with Gasteiger partial charge in [0.1, 0.15) is 0 Å². The van der Waals surface area contributed by atoms with Gasteiger partial charge < -0.3 is 0 Å². The topological polar surface area (TPSA) is 0 Å². The molecule has 0 aliphatic heterocycles. The van der Waals surface area contributed by atoms with Gasteiger partial charge in [-0.05, 0) is 49.2 Å². The Bertz CT molecular complexity index is 220. The van der Waals surface area contributed by atoms with Crippen LogP contribution >= 0.6 is 11.8 Å². The van der Waals surface area contributed by atoms with Crippen LogP contribution in [0.25, 0.3) is 0 Å². The Balaban J connectivity index is 1.94. The molecule has 0 radical (unpaired) electrons. The molecule has 0 bridgehead atoms. The zero-order valence-electron chi connectivity index (χ0n) is 14.5. The Morgan fingerprint density at radius 2 is 1.35 bits per heavy atom. The maximum atomic E-state index is 2.42. The summed E-state index contributed by atoms with van der Waals surface area (Å²) in [6, 6.07) is 0. The summed E-state index contributed by atoms with van der Waals surface area (Å²) < 4.78 is 0. The van der Waals surface area contributed by atoms with Crippen molar-refractivity contribution < 1.29 is 0 Å². The lowest BCUT2D eigenvalue weighted by molar-refractivity contribution is 0.182. The largest absolute Gasteiger partial charge is 0.159 e. The quantitative estimate of drug-likeness (QED) is 0.410. The summed E-state index contributed by atoms with van der Waals surface area (Å²) in [7, 11) is 0. The van der Waals surface area contributed by atoms with E-state index in [1.807, 2.05) is 0 Å². The summed E-state index contributed by atoms with van der Waals surface area (Å²) in [5, 5.41) is 0.980. The summed E-state index contributed by atoms with van der Waals surface area (Å²) in [6.07, 6.45) is 16.0. The van der Waals surface area contributed by atoms with Crippen LogP contribution in [0.5, 0.6) is 0 Å². The van der Waals surface area contributed by atoms with Gasteiger partial charge in [-0.1, -0.05) is 66.2 Å². The number of hydrogen-bond acceptors (Lipinski definition) is 1. The average molecular weight is 299 g/mol. The molecule has 0 amide bonds. The number of rotatable bonds is 9. The van der Waals surface area contributed by atoms with Gasteiger partial charge in [0.15, 0.2) is 0 Å². The summed E-state index contributed by atoms with van der Waals surface area (Å²) in [6.45, 7) is 9.56. The Kier molecular flexibility index (Phi) is 9.33. The van der Waals surface area contributed by atoms with E-state index in [1.54, 1.807) is 0 Å². The zero-order chi connectivity index (χ0) is 14.8. The third kappa shape index (κ3) is 7.96. The van der Waals surface area contributed by atoms with E-state index in [1.165, 1.54) is 76.4 Å². The van der Waals surface area contributed by atoms with Gasteiger partial charge in [0.2, 0.25) is 0 Å². The fraction of sp³-hybridized carbons (Fsp3) is 1.00. The van der Waals surface area contributed by atoms with Crippen molar-refractivity contribution >= 4 is 11.8 Å². The van der Waals surface area contributed by atoms with Crippen molar-refractivity contribution in [3.8, 4) is 0 Å². The van der Waals surface area contributed by atoms with E-state index in [0.717, 1.165) is 11.2 Å². The summed E-state index contributed by atoms with van der Waals surface area (Å²) in [4.78, 5) is 0. The molecular weight excluding hydrogens is 260 g/mol. The van der Waals surface area contributed by atoms with Crippen LogP contribution in [0, 0.1) is 11.3 Å². The monoisotopic (exact) mass is 298 g/mol. The molecule has 0 N–H and O–H groups in total. The molecule has 1 saturated carbocycles. The Morgan fingerprint density at radius 1 is 0.800 bits per heavy atom. The van der Waals surface area contributed by atoms with Crippen molar-refractivity contribution in [1.82, 2.24) is 0 Å². The van der Waals surface area contributed by atoms with Crippen molar-refractivity contribution in [3.63, 3.8) is 0 Å². The summed E-state index contributed by atoms with van der Waals surface area (Å²) >= 11 is 2.28. The van der Waals surface area contributed by atoms with E-state index in [4.69, 9.17) is 0 Å². The molecule has 1 heteroatoms. The minimum absolute atomic E-state index is 0.536. The van der Waals surface area contributed by atoms with Crippen LogP contribution in [0.1, 0.15) is 98.3 Å². The van der Waals surface area contributed by atoms with Crippen molar-refractivity contribution in [2.75, 3.05) is 5.75 Å². The van der Waals surface area contributed by atoms with Crippen LogP contribution < -0.4 is 0 Å². The first-order valence-corrected chi connectivity index (χ1v) is 10.2. The third-order valence-electron chi connectivity index (χ3n) is 5.00. The molecule has 1 aliphatic rings. The van der Waals surface area contributed by atoms with E-state index in [2.05, 4.69) is 39.5 Å². The fourth-order valence-electron chi connectivity index (χ4n) is 3.40. The lowest BCUT2D eigenvalue weighted by Crippen LogP contribution is -2.26. The second-order valence-corrected chi connectivity index (χ2v) is 9.24. The lowest BCUT2D eigenvalue weighted by atomic mass is 9.72. The SMILES string of the molecule is CCCCCCCCCSC1CCC(C(C)(C)C)CC1. The first-order chi connectivity index (χ1) is 9.54. The molecule has 0 nitrogen and oxygen atoms in total. The molecular formula is C19H38S. The molecule has 1 rings (SSSR count). The molecule has 0 atom stereocenters. The van der Waals surface area contributed by atoms with Crippen LogP contribution in [0.4, 0.5) is 0 Å². The van der Waals surface area contributed by atoms with Crippen molar-refractivity contribution in [2.45, 2.75) is 104 Å². The molecule has 20 heavy (non-hydrogen) atoms. The molecule has 1 aliphatic carbocycles. The zero-order valence-corrected chi connectivity index (χ0v) is 15.4. The van der Waals surface area contributed by atoms with Crippen LogP contribution in [0.15, 0.2) is 0 Å². The minimum Gasteiger partial charge on any atom is -0.159 e. The van der Waals surface area contributed by atoms with Gasteiger partial charge in [0, 0.05) is 5.25 Å². The lowest BCUT2D eigenvalue weighted by Gasteiger charge is -2.36. The minimum atomic E-state index is 0.536. The normalized spacial score (nSPS) is 24.0. The standard InChI is InChI=1S/C19H38S/c1-5-6-7-8-9-10-11-16-20-18-14-12-17(13-15-18)19(2,3)4/h17-18H,5-16H2,1-4H3. The fourth-order valence-corrected chi connectivity index (χ4v) is 4.71. The van der Waals surface area contributed by atoms with Crippen molar-refractivity contribution in [1.29, 1.82) is 0 Å². The molecule has 0 spiro atoms. The van der Waals surface area contributed by atoms with E-state index in [0.29, 0.717) is 5.41 Å². The van der Waals surface area contributed by atoms with E-state index in [-0.39, 0.29) is 0 Å². The van der Waals surface area contributed by atoms with Gasteiger partial charge in [0.25, 0.3) is 0 Å². The maximum Gasteiger partial charge on any atom is 0.00472 e. The second kappa shape index (κ2) is 10.1. The molecule has 0 aromatic rings. The van der Waals surface area contributed by atoms with Crippen LogP contribution in [-0.2, 0) is 0 Å². The van der Waals surface area contributed by atoms with Gasteiger partial charge in [0.05, 0.1) is 0 Å². The Labute approximate surface area is 132 Å². The predicted octanol–water partition coefficient (Wildman–Crippen LogP) is 7.08. The summed E-state index contributed by atoms with van der Waals surface area (Å²) in [5.41, 5.74) is 0.536. The molecule has 0 aromatic carbocycles. The molecule has 120 valence electrons. The number of unbranched alkanes of at least 4 members (excludes halogenated alkanes) is 6. The van der Waals surface area contributed by atoms with Crippen LogP contribution in [-0.4, -0.2) is 11.0 Å². The molecule has 0 unspecified atom stereocenters. The average Bonchev–Trinajstić information content (AvgIpc) is 2.41. The third-order valence-corrected chi connectivity index (χ3v) is 6.47. The van der Waals surface area contributed by atoms with Gasteiger partial charge in [-0.2, -0.15) is 11.8 Å². The van der Waals surface area contributed by atoms with Crippen molar-refractivity contribution in [3.05, 3.63) is 0 Å². The molecule has 0 aromatic heterocycles. The highest BCUT2D eigenvalue weighted by Gasteiger charge is 2.29. The van der Waals surface area contributed by atoms with Gasteiger partial charge in [-0.3, -0.25) is 0 Å². The van der Waals surface area contributed by atoms with Crippen LogP contribution in [0.2, 0.25) is 0 Å². The van der Waals surface area contributed by atoms with E-state index >= 15 is 0 Å². The second-order valence-electron chi connectivity index (χ2n) is 7.83. The Morgan fingerprint density at radius 3 is 1.90 bits per heavy atom. The molecule has 0 saturated heterocycles. The Hall–Kier alpha value is 0.350. The number of thioether (sulfide) groups is 1. The first-order valence-electron chi connectivity index (χ1n) is 9.15. The molecule has 1 fully saturated rings. The van der Waals surface area contributed by atoms with E-state index in [9.17, 15) is 0 Å². The highest BCUT2D eigenvalue weighted by Crippen LogP contribution is 2.40. The van der Waals surface area contributed by atoms with Gasteiger partial charge >= 0.3 is 0 Å². The van der Waals surface area contributed by atoms with Gasteiger partial charge in [-0.25, -0.2) is 0 Å². The summed E-state index contributed by atoms with van der Waals surface area (Å²) in [5.74, 6) is 2.39. The highest BCUT2D eigenvalue weighted by molar-refractivity contribution is 7.99. The highest BCUT2D eigenvalue weighted by atomic mass is 32.2. The molecule has 0 heterocycles. The predicted molar refractivity (Wildman–Crippen MR) is 95.7 cm³/mol. The smallest absolute Gasteiger partial charge is 0.00472 e. The van der Waals surface area contributed by atoms with E-state index < -0.39 is 0 Å². The first kappa shape index (κ1) is 18.4. The van der Waals surface area contributed by atoms with Crippen LogP contribution in [0.3, 0.4) is 0 Å².